The highest BCUT2D eigenvalue weighted by atomic mass is 16.5. The third kappa shape index (κ3) is 3.16. The van der Waals surface area contributed by atoms with Gasteiger partial charge >= 0.3 is 0 Å². The minimum Gasteiger partial charge on any atom is -0.381 e. The first-order valence-electron chi connectivity index (χ1n) is 5.10. The molecule has 0 bridgehead atoms. The van der Waals surface area contributed by atoms with Crippen LogP contribution >= 0.6 is 0 Å². The fraction of sp³-hybridized carbons (Fsp3) is 0.889. The van der Waals surface area contributed by atoms with E-state index >= 15 is 0 Å². The standard InChI is InChI=1S/C9H20N4O/c1-3-11-9(13-10)12-7-4-5-8(6-7)14-2/h7-8H,3-6,10H2,1-2H3,(H2,11,12,13). The zero-order valence-corrected chi connectivity index (χ0v) is 8.92. The summed E-state index contributed by atoms with van der Waals surface area (Å²) in [5.41, 5.74) is 2.56. The van der Waals surface area contributed by atoms with Gasteiger partial charge in [0, 0.05) is 19.7 Å². The molecule has 0 amide bonds. The lowest BCUT2D eigenvalue weighted by Gasteiger charge is -2.15. The Balaban J connectivity index is 2.33. The van der Waals surface area contributed by atoms with Gasteiger partial charge in [0.25, 0.3) is 0 Å². The van der Waals surface area contributed by atoms with E-state index in [1.807, 2.05) is 6.92 Å². The van der Waals surface area contributed by atoms with E-state index in [-0.39, 0.29) is 0 Å². The van der Waals surface area contributed by atoms with Crippen LogP contribution < -0.4 is 16.6 Å². The van der Waals surface area contributed by atoms with Gasteiger partial charge in [-0.05, 0) is 26.2 Å². The molecule has 5 nitrogen and oxygen atoms in total. The lowest BCUT2D eigenvalue weighted by atomic mass is 10.2. The molecule has 0 aromatic carbocycles. The van der Waals surface area contributed by atoms with E-state index in [2.05, 4.69) is 15.7 Å². The first-order chi connectivity index (χ1) is 6.80. The molecular formula is C9H20N4O. The van der Waals surface area contributed by atoms with Crippen LogP contribution in [0.5, 0.6) is 0 Å². The molecule has 4 N–H and O–H groups in total. The van der Waals surface area contributed by atoms with Gasteiger partial charge in [0.05, 0.1) is 6.10 Å². The van der Waals surface area contributed by atoms with Gasteiger partial charge < -0.3 is 10.1 Å². The van der Waals surface area contributed by atoms with Crippen LogP contribution in [-0.2, 0) is 4.74 Å². The van der Waals surface area contributed by atoms with E-state index in [1.165, 1.54) is 0 Å². The number of nitrogens with zero attached hydrogens (tertiary/aromatic N) is 1. The second kappa shape index (κ2) is 5.82. The maximum atomic E-state index is 5.33. The van der Waals surface area contributed by atoms with Crippen LogP contribution in [0.2, 0.25) is 0 Å². The molecule has 0 radical (unpaired) electrons. The predicted octanol–water partition coefficient (Wildman–Crippen LogP) is -0.0173. The third-order valence-corrected chi connectivity index (χ3v) is 2.51. The first kappa shape index (κ1) is 11.3. The second-order valence-electron chi connectivity index (χ2n) is 3.48. The number of aliphatic imine (C=N–C) groups is 1. The summed E-state index contributed by atoms with van der Waals surface area (Å²) in [7, 11) is 1.76. The number of nitrogens with one attached hydrogen (secondary N) is 2. The number of nitrogens with two attached hydrogens (primary N) is 1. The van der Waals surface area contributed by atoms with E-state index in [4.69, 9.17) is 10.6 Å². The molecule has 5 heteroatoms. The van der Waals surface area contributed by atoms with Gasteiger partial charge in [0.2, 0.25) is 5.96 Å². The van der Waals surface area contributed by atoms with Crippen LogP contribution in [0.3, 0.4) is 0 Å². The Morgan fingerprint density at radius 3 is 2.86 bits per heavy atom. The summed E-state index contributed by atoms with van der Waals surface area (Å²) >= 11 is 0. The summed E-state index contributed by atoms with van der Waals surface area (Å²) in [6.07, 6.45) is 3.63. The lowest BCUT2D eigenvalue weighted by Crippen LogP contribution is -2.45. The molecule has 0 aliphatic heterocycles. The minimum absolute atomic E-state index is 0.383. The van der Waals surface area contributed by atoms with E-state index < -0.39 is 0 Å². The van der Waals surface area contributed by atoms with Gasteiger partial charge in [0.1, 0.15) is 0 Å². The number of methoxy groups -OCH3 is 1. The fourth-order valence-electron chi connectivity index (χ4n) is 1.77. The summed E-state index contributed by atoms with van der Waals surface area (Å²) < 4.78 is 5.29. The van der Waals surface area contributed by atoms with Crippen molar-refractivity contribution in [3.05, 3.63) is 0 Å². The fourth-order valence-corrected chi connectivity index (χ4v) is 1.77. The topological polar surface area (TPSA) is 71.7 Å². The van der Waals surface area contributed by atoms with Crippen molar-refractivity contribution in [2.75, 3.05) is 13.7 Å². The van der Waals surface area contributed by atoms with Gasteiger partial charge in [0.15, 0.2) is 0 Å². The van der Waals surface area contributed by atoms with E-state index in [0.29, 0.717) is 18.1 Å². The van der Waals surface area contributed by atoms with Crippen molar-refractivity contribution in [2.45, 2.75) is 38.3 Å². The molecule has 0 aromatic heterocycles. The zero-order valence-electron chi connectivity index (χ0n) is 8.92. The number of hydrazine groups is 1. The molecule has 0 heterocycles. The van der Waals surface area contributed by atoms with Crippen molar-refractivity contribution < 1.29 is 4.74 Å². The average molecular weight is 200 g/mol. The summed E-state index contributed by atoms with van der Waals surface area (Å²) in [6.45, 7) is 2.71. The Kier molecular flexibility index (Phi) is 4.69. The SMILES string of the molecule is CCN=C(NN)NC1CCC(OC)C1. The van der Waals surface area contributed by atoms with Crippen LogP contribution in [0.15, 0.2) is 4.99 Å². The Labute approximate surface area is 85.1 Å². The minimum atomic E-state index is 0.383. The van der Waals surface area contributed by atoms with Crippen molar-refractivity contribution in [1.82, 2.24) is 10.7 Å². The van der Waals surface area contributed by atoms with Crippen LogP contribution in [0, 0.1) is 0 Å². The summed E-state index contributed by atoms with van der Waals surface area (Å²) in [5.74, 6) is 6.00. The molecule has 1 saturated carbocycles. The van der Waals surface area contributed by atoms with Gasteiger partial charge in [-0.15, -0.1) is 0 Å². The molecule has 1 aliphatic carbocycles. The Morgan fingerprint density at radius 2 is 2.36 bits per heavy atom. The quantitative estimate of drug-likeness (QED) is 0.259. The number of hydrogen-bond donors (Lipinski definition) is 3. The Morgan fingerprint density at radius 1 is 1.57 bits per heavy atom. The predicted molar refractivity (Wildman–Crippen MR) is 56.9 cm³/mol. The van der Waals surface area contributed by atoms with Crippen molar-refractivity contribution in [2.24, 2.45) is 10.8 Å². The average Bonchev–Trinajstić information content (AvgIpc) is 2.65. The van der Waals surface area contributed by atoms with E-state index in [0.717, 1.165) is 25.8 Å². The molecule has 82 valence electrons. The van der Waals surface area contributed by atoms with Crippen molar-refractivity contribution in [1.29, 1.82) is 0 Å². The maximum Gasteiger partial charge on any atom is 0.205 e. The first-order valence-corrected chi connectivity index (χ1v) is 5.10. The highest BCUT2D eigenvalue weighted by Gasteiger charge is 2.24. The number of rotatable bonds is 3. The van der Waals surface area contributed by atoms with Gasteiger partial charge in [-0.1, -0.05) is 0 Å². The van der Waals surface area contributed by atoms with E-state index in [1.54, 1.807) is 7.11 Å². The van der Waals surface area contributed by atoms with Gasteiger partial charge in [-0.3, -0.25) is 10.4 Å². The smallest absolute Gasteiger partial charge is 0.205 e. The van der Waals surface area contributed by atoms with Crippen LogP contribution in [-0.4, -0.2) is 31.8 Å². The molecule has 14 heavy (non-hydrogen) atoms. The molecule has 2 atom stereocenters. The molecule has 1 fully saturated rings. The van der Waals surface area contributed by atoms with Crippen LogP contribution in [0.25, 0.3) is 0 Å². The largest absolute Gasteiger partial charge is 0.381 e. The van der Waals surface area contributed by atoms with Crippen LogP contribution in [0.1, 0.15) is 26.2 Å². The summed E-state index contributed by atoms with van der Waals surface area (Å²) in [5, 5.41) is 3.26. The highest BCUT2D eigenvalue weighted by molar-refractivity contribution is 5.79. The number of hydrogen-bond acceptors (Lipinski definition) is 3. The molecule has 0 spiro atoms. The van der Waals surface area contributed by atoms with Gasteiger partial charge in [-0.2, -0.15) is 0 Å². The zero-order chi connectivity index (χ0) is 10.4. The number of ether oxygens (including phenoxy) is 1. The Bertz CT molecular complexity index is 195. The van der Waals surface area contributed by atoms with E-state index in [9.17, 15) is 0 Å². The molecular weight excluding hydrogens is 180 g/mol. The normalized spacial score (nSPS) is 27.8. The lowest BCUT2D eigenvalue weighted by molar-refractivity contribution is 0.107. The second-order valence-corrected chi connectivity index (χ2v) is 3.48. The maximum absolute atomic E-state index is 5.33. The third-order valence-electron chi connectivity index (χ3n) is 2.51. The van der Waals surface area contributed by atoms with Gasteiger partial charge in [-0.25, -0.2) is 5.84 Å². The molecule has 0 saturated heterocycles. The summed E-state index contributed by atoms with van der Waals surface area (Å²) in [6, 6.07) is 0.432. The highest BCUT2D eigenvalue weighted by Crippen LogP contribution is 2.21. The van der Waals surface area contributed by atoms with Crippen molar-refractivity contribution >= 4 is 5.96 Å². The van der Waals surface area contributed by atoms with Crippen molar-refractivity contribution in [3.63, 3.8) is 0 Å². The monoisotopic (exact) mass is 200 g/mol. The molecule has 1 aliphatic rings. The molecule has 1 rings (SSSR count). The van der Waals surface area contributed by atoms with Crippen molar-refractivity contribution in [3.8, 4) is 0 Å². The Hall–Kier alpha value is -0.810. The summed E-state index contributed by atoms with van der Waals surface area (Å²) in [4.78, 5) is 4.19. The van der Waals surface area contributed by atoms with Crippen LogP contribution in [0.4, 0.5) is 0 Å². The number of guanidine groups is 1. The molecule has 0 aromatic rings. The molecule has 2 unspecified atom stereocenters.